The number of piperidine rings is 1. The molecule has 0 aliphatic carbocycles. The zero-order chi connectivity index (χ0) is 23.8. The Hall–Kier alpha value is -3.02. The fraction of sp³-hybridized carbons (Fsp3) is 0.481. The van der Waals surface area contributed by atoms with E-state index in [9.17, 15) is 9.59 Å². The normalized spacial score (nSPS) is 16.9. The van der Waals surface area contributed by atoms with E-state index in [1.165, 1.54) is 12.7 Å². The highest BCUT2D eigenvalue weighted by atomic mass is 16.5. The van der Waals surface area contributed by atoms with Crippen LogP contribution in [0.25, 0.3) is 0 Å². The number of likely N-dealkylation sites (tertiary alicyclic amines) is 1. The first-order valence-electron chi connectivity index (χ1n) is 11.8. The molecule has 0 radical (unpaired) electrons. The van der Waals surface area contributed by atoms with E-state index in [4.69, 9.17) is 9.47 Å². The Bertz CT molecular complexity index is 926. The van der Waals surface area contributed by atoms with E-state index < -0.39 is 0 Å². The lowest BCUT2D eigenvalue weighted by Gasteiger charge is -2.33. The molecule has 2 aromatic rings. The zero-order valence-corrected chi connectivity index (χ0v) is 20.2. The number of rotatable bonds is 8. The number of carbonyl (C=O) groups is 2. The number of nitrogens with zero attached hydrogens (tertiary/aromatic N) is 1. The molecule has 0 aromatic heterocycles. The molecule has 1 heterocycles. The molecule has 3 rings (SSSR count). The van der Waals surface area contributed by atoms with Crippen LogP contribution in [-0.4, -0.2) is 43.7 Å². The summed E-state index contributed by atoms with van der Waals surface area (Å²) in [5.41, 5.74) is 3.47. The molecule has 6 nitrogen and oxygen atoms in total. The van der Waals surface area contributed by atoms with Gasteiger partial charge in [-0.25, -0.2) is 4.79 Å². The number of ether oxygens (including phenoxy) is 2. The minimum atomic E-state index is -0.341. The molecule has 1 aliphatic heterocycles. The lowest BCUT2D eigenvalue weighted by atomic mass is 9.90. The van der Waals surface area contributed by atoms with Crippen LogP contribution in [0.3, 0.4) is 0 Å². The Kier molecular flexibility index (Phi) is 8.75. The van der Waals surface area contributed by atoms with Crippen molar-refractivity contribution in [3.63, 3.8) is 0 Å². The molecule has 1 N–H and O–H groups in total. The predicted molar refractivity (Wildman–Crippen MR) is 129 cm³/mol. The first kappa shape index (κ1) is 24.6. The topological polar surface area (TPSA) is 67.9 Å². The maximum Gasteiger partial charge on any atom is 0.317 e. The molecule has 178 valence electrons. The summed E-state index contributed by atoms with van der Waals surface area (Å²) in [5, 5.41) is 3.07. The second-order valence-electron chi connectivity index (χ2n) is 9.11. The minimum absolute atomic E-state index is 0.0367. The van der Waals surface area contributed by atoms with Crippen molar-refractivity contribution in [1.29, 1.82) is 0 Å². The van der Waals surface area contributed by atoms with Gasteiger partial charge in [0.05, 0.1) is 13.0 Å². The third-order valence-corrected chi connectivity index (χ3v) is 6.25. The molecule has 1 fully saturated rings. The Morgan fingerprint density at radius 2 is 1.82 bits per heavy atom. The molecular weight excluding hydrogens is 416 g/mol. The highest BCUT2D eigenvalue weighted by Crippen LogP contribution is 2.33. The van der Waals surface area contributed by atoms with Crippen molar-refractivity contribution in [2.45, 2.75) is 52.0 Å². The monoisotopic (exact) mass is 452 g/mol. The Balaban J connectivity index is 1.58. The molecule has 2 atom stereocenters. The van der Waals surface area contributed by atoms with E-state index in [1.807, 2.05) is 23.1 Å². The van der Waals surface area contributed by atoms with Crippen molar-refractivity contribution in [3.8, 4) is 5.75 Å². The molecule has 2 aromatic carbocycles. The van der Waals surface area contributed by atoms with Gasteiger partial charge in [-0.2, -0.15) is 0 Å². The summed E-state index contributed by atoms with van der Waals surface area (Å²) in [6.45, 7) is 8.30. The van der Waals surface area contributed by atoms with Crippen LogP contribution in [0.5, 0.6) is 5.75 Å². The van der Waals surface area contributed by atoms with Crippen molar-refractivity contribution >= 4 is 12.0 Å². The number of nitrogens with one attached hydrogen (secondary N) is 1. The highest BCUT2D eigenvalue weighted by molar-refractivity contribution is 5.74. The smallest absolute Gasteiger partial charge is 0.317 e. The van der Waals surface area contributed by atoms with E-state index in [-0.39, 0.29) is 30.4 Å². The number of benzene rings is 2. The van der Waals surface area contributed by atoms with Gasteiger partial charge in [0.2, 0.25) is 0 Å². The van der Waals surface area contributed by atoms with Gasteiger partial charge in [0, 0.05) is 25.6 Å². The molecule has 2 unspecified atom stereocenters. The van der Waals surface area contributed by atoms with Gasteiger partial charge in [-0.15, -0.1) is 0 Å². The van der Waals surface area contributed by atoms with Gasteiger partial charge in [0.25, 0.3) is 0 Å². The summed E-state index contributed by atoms with van der Waals surface area (Å²) >= 11 is 0. The van der Waals surface area contributed by atoms with Crippen molar-refractivity contribution in [3.05, 3.63) is 65.2 Å². The first-order valence-corrected chi connectivity index (χ1v) is 11.8. The molecule has 2 amide bonds. The van der Waals surface area contributed by atoms with Gasteiger partial charge in [-0.05, 0) is 48.4 Å². The summed E-state index contributed by atoms with van der Waals surface area (Å²) in [5.74, 6) is 0.831. The molecule has 0 bridgehead atoms. The number of para-hydroxylation sites is 1. The number of hydrogen-bond acceptors (Lipinski definition) is 4. The van der Waals surface area contributed by atoms with Crippen LogP contribution in [0.4, 0.5) is 4.79 Å². The van der Waals surface area contributed by atoms with Gasteiger partial charge in [0.1, 0.15) is 12.4 Å². The molecular formula is C27H36N2O4. The van der Waals surface area contributed by atoms with Gasteiger partial charge in [-0.3, -0.25) is 4.79 Å². The number of methoxy groups -OCH3 is 1. The third-order valence-electron chi connectivity index (χ3n) is 6.25. The molecule has 0 spiro atoms. The van der Waals surface area contributed by atoms with E-state index in [0.717, 1.165) is 36.3 Å². The van der Waals surface area contributed by atoms with E-state index in [2.05, 4.69) is 49.5 Å². The predicted octanol–water partition coefficient (Wildman–Crippen LogP) is 5.09. The standard InChI is InChI=1S/C27H36N2O4/c1-19(2)22-13-11-21(12-14-22)16-28-27(31)29-15-7-8-23(17-29)24-9-5-6-10-25(24)33-18-20(3)26(30)32-4/h5-6,9-14,19-20,23H,7-8,15-18H2,1-4H3,(H,28,31). The van der Waals surface area contributed by atoms with Crippen molar-refractivity contribution < 1.29 is 19.1 Å². The average molecular weight is 453 g/mol. The van der Waals surface area contributed by atoms with E-state index in [0.29, 0.717) is 19.0 Å². The largest absolute Gasteiger partial charge is 0.492 e. The van der Waals surface area contributed by atoms with Crippen LogP contribution in [0.15, 0.2) is 48.5 Å². The van der Waals surface area contributed by atoms with Gasteiger partial charge in [-0.1, -0.05) is 56.3 Å². The van der Waals surface area contributed by atoms with Crippen molar-refractivity contribution in [2.75, 3.05) is 26.8 Å². The van der Waals surface area contributed by atoms with Crippen molar-refractivity contribution in [1.82, 2.24) is 10.2 Å². The fourth-order valence-electron chi connectivity index (χ4n) is 4.16. The maximum absolute atomic E-state index is 12.9. The number of hydrogen-bond donors (Lipinski definition) is 1. The van der Waals surface area contributed by atoms with Gasteiger partial charge in [0.15, 0.2) is 0 Å². The summed E-state index contributed by atoms with van der Waals surface area (Å²) in [7, 11) is 1.38. The lowest BCUT2D eigenvalue weighted by molar-refractivity contribution is -0.145. The van der Waals surface area contributed by atoms with Gasteiger partial charge < -0.3 is 19.7 Å². The van der Waals surface area contributed by atoms with Crippen molar-refractivity contribution in [2.24, 2.45) is 5.92 Å². The maximum atomic E-state index is 12.9. The molecule has 33 heavy (non-hydrogen) atoms. The summed E-state index contributed by atoms with van der Waals surface area (Å²) < 4.78 is 10.8. The van der Waals surface area contributed by atoms with Gasteiger partial charge >= 0.3 is 12.0 Å². The molecule has 0 saturated carbocycles. The third kappa shape index (κ3) is 6.73. The zero-order valence-electron chi connectivity index (χ0n) is 20.2. The summed E-state index contributed by atoms with van der Waals surface area (Å²) in [6.07, 6.45) is 1.93. The Morgan fingerprint density at radius 3 is 2.52 bits per heavy atom. The minimum Gasteiger partial charge on any atom is -0.492 e. The lowest BCUT2D eigenvalue weighted by Crippen LogP contribution is -2.44. The van der Waals surface area contributed by atoms with Crippen LogP contribution in [0, 0.1) is 5.92 Å². The molecule has 1 aliphatic rings. The number of amides is 2. The quantitative estimate of drug-likeness (QED) is 0.567. The summed E-state index contributed by atoms with van der Waals surface area (Å²) in [6, 6.07) is 16.3. The Labute approximate surface area is 197 Å². The molecule has 6 heteroatoms. The van der Waals surface area contributed by atoms with Crippen LogP contribution in [-0.2, 0) is 16.1 Å². The number of esters is 1. The fourth-order valence-corrected chi connectivity index (χ4v) is 4.16. The van der Waals surface area contributed by atoms with Crippen LogP contribution >= 0.6 is 0 Å². The van der Waals surface area contributed by atoms with Crippen LogP contribution in [0.1, 0.15) is 62.1 Å². The second kappa shape index (κ2) is 11.7. The average Bonchev–Trinajstić information content (AvgIpc) is 2.85. The molecule has 1 saturated heterocycles. The SMILES string of the molecule is COC(=O)C(C)COc1ccccc1C1CCCN(C(=O)NCc2ccc(C(C)C)cc2)C1. The Morgan fingerprint density at radius 1 is 1.09 bits per heavy atom. The highest BCUT2D eigenvalue weighted by Gasteiger charge is 2.27. The van der Waals surface area contributed by atoms with Crippen LogP contribution in [0.2, 0.25) is 0 Å². The van der Waals surface area contributed by atoms with E-state index in [1.54, 1.807) is 6.92 Å². The number of carbonyl (C=O) groups excluding carboxylic acids is 2. The second-order valence-corrected chi connectivity index (χ2v) is 9.11. The first-order chi connectivity index (χ1) is 15.9. The van der Waals surface area contributed by atoms with E-state index >= 15 is 0 Å². The van der Waals surface area contributed by atoms with Crippen LogP contribution < -0.4 is 10.1 Å². The summed E-state index contributed by atoms with van der Waals surface area (Å²) in [4.78, 5) is 26.5. The number of urea groups is 1.